The number of aryl methyl sites for hydroxylation is 1. The number of carbonyl (C=O) groups excluding carboxylic acids is 2. The SMILES string of the molecule is Br.CCOc1cc2c(cc1C(=O)NC)C(=N)N(CC(=O)c1cc(CCC(=O)O)c(OC)c(C(C)(C)C)c1)C2. The van der Waals surface area contributed by atoms with Gasteiger partial charge in [-0.05, 0) is 54.2 Å². The van der Waals surface area contributed by atoms with Crippen LogP contribution in [0.3, 0.4) is 0 Å². The van der Waals surface area contributed by atoms with Gasteiger partial charge in [-0.25, -0.2) is 0 Å². The topological polar surface area (TPSA) is 129 Å². The van der Waals surface area contributed by atoms with Crippen LogP contribution in [0, 0.1) is 5.41 Å². The van der Waals surface area contributed by atoms with E-state index in [2.05, 4.69) is 5.32 Å². The fourth-order valence-corrected chi connectivity index (χ4v) is 4.49. The van der Waals surface area contributed by atoms with Gasteiger partial charge < -0.3 is 24.8 Å². The highest BCUT2D eigenvalue weighted by molar-refractivity contribution is 8.93. The smallest absolute Gasteiger partial charge is 0.303 e. The Morgan fingerprint density at radius 3 is 2.39 bits per heavy atom. The van der Waals surface area contributed by atoms with Crippen LogP contribution in [0.25, 0.3) is 0 Å². The zero-order valence-corrected chi connectivity index (χ0v) is 24.4. The third-order valence-corrected chi connectivity index (χ3v) is 6.35. The molecule has 3 N–H and O–H groups in total. The van der Waals surface area contributed by atoms with Gasteiger partial charge in [0, 0.05) is 36.7 Å². The molecule has 1 amide bonds. The lowest BCUT2D eigenvalue weighted by atomic mass is 9.83. The molecule has 1 heterocycles. The Morgan fingerprint density at radius 1 is 1.16 bits per heavy atom. The molecule has 0 aliphatic carbocycles. The number of fused-ring (bicyclic) bond motifs is 1. The van der Waals surface area contributed by atoms with Crippen molar-refractivity contribution in [2.45, 2.75) is 52.5 Å². The number of ether oxygens (including phenoxy) is 2. The summed E-state index contributed by atoms with van der Waals surface area (Å²) in [6.45, 7) is 8.54. The minimum absolute atomic E-state index is 0. The number of methoxy groups -OCH3 is 1. The van der Waals surface area contributed by atoms with Gasteiger partial charge in [0.15, 0.2) is 5.78 Å². The molecule has 3 rings (SSSR count). The first kappa shape index (κ1) is 30.8. The van der Waals surface area contributed by atoms with Crippen molar-refractivity contribution >= 4 is 40.5 Å². The highest BCUT2D eigenvalue weighted by atomic mass is 79.9. The minimum Gasteiger partial charge on any atom is -0.496 e. The Balaban J connectivity index is 0.00000507. The highest BCUT2D eigenvalue weighted by Gasteiger charge is 2.30. The molecule has 0 spiro atoms. The van der Waals surface area contributed by atoms with Gasteiger partial charge in [0.1, 0.15) is 17.3 Å². The van der Waals surface area contributed by atoms with Gasteiger partial charge in [-0.3, -0.25) is 19.8 Å². The first-order valence-electron chi connectivity index (χ1n) is 12.2. The van der Waals surface area contributed by atoms with E-state index in [0.717, 1.165) is 11.1 Å². The fourth-order valence-electron chi connectivity index (χ4n) is 4.49. The normalized spacial score (nSPS) is 12.5. The monoisotopic (exact) mass is 589 g/mol. The number of nitrogens with one attached hydrogen (secondary N) is 2. The zero-order valence-electron chi connectivity index (χ0n) is 22.7. The van der Waals surface area contributed by atoms with Crippen LogP contribution in [0.15, 0.2) is 24.3 Å². The summed E-state index contributed by atoms with van der Waals surface area (Å²) in [6, 6.07) is 6.90. The quantitative estimate of drug-likeness (QED) is 0.351. The predicted molar refractivity (Wildman–Crippen MR) is 151 cm³/mol. The zero-order chi connectivity index (χ0) is 27.5. The first-order chi connectivity index (χ1) is 17.4. The summed E-state index contributed by atoms with van der Waals surface area (Å²) >= 11 is 0. The molecule has 0 saturated heterocycles. The van der Waals surface area contributed by atoms with E-state index in [4.69, 9.17) is 14.9 Å². The molecule has 2 aromatic rings. The maximum absolute atomic E-state index is 13.5. The van der Waals surface area contributed by atoms with Crippen LogP contribution in [-0.2, 0) is 23.2 Å². The molecule has 206 valence electrons. The molecular formula is C28H36BrN3O6. The molecule has 0 saturated carbocycles. The summed E-state index contributed by atoms with van der Waals surface area (Å²) in [5, 5.41) is 20.5. The van der Waals surface area contributed by atoms with Crippen LogP contribution >= 0.6 is 17.0 Å². The van der Waals surface area contributed by atoms with Gasteiger partial charge in [0.05, 0.1) is 25.8 Å². The predicted octanol–water partition coefficient (Wildman–Crippen LogP) is 4.37. The van der Waals surface area contributed by atoms with Crippen LogP contribution in [0.1, 0.15) is 77.1 Å². The van der Waals surface area contributed by atoms with E-state index in [0.29, 0.717) is 46.9 Å². The van der Waals surface area contributed by atoms with Gasteiger partial charge >= 0.3 is 5.97 Å². The minimum atomic E-state index is -0.929. The lowest BCUT2D eigenvalue weighted by molar-refractivity contribution is -0.136. The van der Waals surface area contributed by atoms with Gasteiger partial charge in [-0.1, -0.05) is 20.8 Å². The number of halogens is 1. The molecule has 0 fully saturated rings. The Labute approximate surface area is 233 Å². The second-order valence-corrected chi connectivity index (χ2v) is 10.0. The summed E-state index contributed by atoms with van der Waals surface area (Å²) in [5.41, 5.74) is 3.31. The number of hydrogen-bond donors (Lipinski definition) is 3. The van der Waals surface area contributed by atoms with Gasteiger partial charge in [-0.2, -0.15) is 0 Å². The van der Waals surface area contributed by atoms with Crippen molar-refractivity contribution in [3.8, 4) is 11.5 Å². The van der Waals surface area contributed by atoms with Gasteiger partial charge in [0.2, 0.25) is 0 Å². The molecule has 1 aliphatic heterocycles. The standard InChI is InChI=1S/C28H35N3O6.BrH/c1-7-37-23-12-18-14-31(26(29)19(18)13-20(23)27(35)30-5)15-22(32)17-10-16(8-9-24(33)34)25(36-6)21(11-17)28(2,3)4;/h10-13,29H,7-9,14-15H2,1-6H3,(H,30,35)(H,33,34);1H. The highest BCUT2D eigenvalue weighted by Crippen LogP contribution is 2.36. The second kappa shape index (κ2) is 12.4. The Hall–Kier alpha value is -3.40. The maximum Gasteiger partial charge on any atom is 0.303 e. The Morgan fingerprint density at radius 2 is 1.84 bits per heavy atom. The van der Waals surface area contributed by atoms with Crippen molar-refractivity contribution in [2.75, 3.05) is 27.3 Å². The van der Waals surface area contributed by atoms with Crippen LogP contribution in [0.5, 0.6) is 11.5 Å². The molecule has 0 atom stereocenters. The number of amidine groups is 1. The maximum atomic E-state index is 13.5. The summed E-state index contributed by atoms with van der Waals surface area (Å²) < 4.78 is 11.3. The van der Waals surface area contributed by atoms with Crippen molar-refractivity contribution in [2.24, 2.45) is 0 Å². The summed E-state index contributed by atoms with van der Waals surface area (Å²) in [5.74, 6) is -0.241. The van der Waals surface area contributed by atoms with Gasteiger partial charge in [-0.15, -0.1) is 17.0 Å². The van der Waals surface area contributed by atoms with Crippen molar-refractivity contribution in [1.29, 1.82) is 5.41 Å². The Bertz CT molecular complexity index is 1250. The molecule has 9 nitrogen and oxygen atoms in total. The molecule has 0 radical (unpaired) electrons. The number of nitrogens with zero attached hydrogens (tertiary/aromatic N) is 1. The second-order valence-electron chi connectivity index (χ2n) is 10.0. The molecular weight excluding hydrogens is 554 g/mol. The molecule has 10 heteroatoms. The van der Waals surface area contributed by atoms with E-state index in [-0.39, 0.29) is 59.3 Å². The number of carboxylic acid groups (broad SMARTS) is 1. The first-order valence-corrected chi connectivity index (χ1v) is 12.2. The van der Waals surface area contributed by atoms with E-state index in [1.807, 2.05) is 27.7 Å². The average Bonchev–Trinajstić information content (AvgIpc) is 3.14. The summed E-state index contributed by atoms with van der Waals surface area (Å²) in [7, 11) is 3.08. The van der Waals surface area contributed by atoms with E-state index in [9.17, 15) is 19.5 Å². The summed E-state index contributed by atoms with van der Waals surface area (Å²) in [6.07, 6.45) is 0.148. The van der Waals surface area contributed by atoms with Crippen molar-refractivity contribution < 1.29 is 29.0 Å². The van der Waals surface area contributed by atoms with E-state index >= 15 is 0 Å². The number of benzene rings is 2. The van der Waals surface area contributed by atoms with E-state index in [1.54, 1.807) is 36.3 Å². The average molecular weight is 591 g/mol. The van der Waals surface area contributed by atoms with Gasteiger partial charge in [0.25, 0.3) is 5.91 Å². The van der Waals surface area contributed by atoms with Crippen LogP contribution in [-0.4, -0.2) is 60.8 Å². The Kier molecular flexibility index (Phi) is 10.1. The number of aliphatic carboxylic acids is 1. The van der Waals surface area contributed by atoms with Crippen LogP contribution < -0.4 is 14.8 Å². The molecule has 2 aromatic carbocycles. The number of carboxylic acids is 1. The molecule has 0 bridgehead atoms. The van der Waals surface area contributed by atoms with E-state index in [1.165, 1.54) is 7.05 Å². The number of ketones is 1. The number of carbonyl (C=O) groups is 3. The third-order valence-electron chi connectivity index (χ3n) is 6.35. The van der Waals surface area contributed by atoms with Crippen molar-refractivity contribution in [3.63, 3.8) is 0 Å². The largest absolute Gasteiger partial charge is 0.496 e. The number of hydrogen-bond acceptors (Lipinski definition) is 6. The summed E-state index contributed by atoms with van der Waals surface area (Å²) in [4.78, 5) is 38.7. The van der Waals surface area contributed by atoms with Crippen molar-refractivity contribution in [1.82, 2.24) is 10.2 Å². The molecule has 1 aliphatic rings. The molecule has 0 unspecified atom stereocenters. The van der Waals surface area contributed by atoms with E-state index < -0.39 is 5.97 Å². The number of amides is 1. The number of Topliss-reactive ketones (excluding diaryl/α,β-unsaturated/α-hetero) is 1. The van der Waals surface area contributed by atoms with Crippen LogP contribution in [0.2, 0.25) is 0 Å². The fraction of sp³-hybridized carbons (Fsp3) is 0.429. The third kappa shape index (κ3) is 6.53. The van der Waals surface area contributed by atoms with Crippen LogP contribution in [0.4, 0.5) is 0 Å². The lowest BCUT2D eigenvalue weighted by Gasteiger charge is -2.25. The molecule has 0 aromatic heterocycles. The lowest BCUT2D eigenvalue weighted by Crippen LogP contribution is -2.30. The molecule has 38 heavy (non-hydrogen) atoms. The van der Waals surface area contributed by atoms with Crippen molar-refractivity contribution in [3.05, 3.63) is 57.6 Å². The number of rotatable bonds is 10.